The van der Waals surface area contributed by atoms with E-state index in [1.54, 1.807) is 6.20 Å². The molecule has 1 aliphatic heterocycles. The van der Waals surface area contributed by atoms with E-state index in [9.17, 15) is 0 Å². The van der Waals surface area contributed by atoms with Crippen LogP contribution < -0.4 is 4.74 Å². The van der Waals surface area contributed by atoms with Crippen LogP contribution in [0.3, 0.4) is 0 Å². The molecule has 0 saturated carbocycles. The molecule has 0 aliphatic carbocycles. The standard InChI is InChI=1S/C20H25N5O/c1-2-25-15-16(13-22-25)7-10-24-11-8-17(9-12-24)26-20-14-21-18-5-3-4-6-19(18)23-20/h3-6,13-15,17H,2,7-12H2,1H3. The molecular formula is C20H25N5O. The zero-order chi connectivity index (χ0) is 17.8. The van der Waals surface area contributed by atoms with E-state index in [4.69, 9.17) is 4.74 Å². The summed E-state index contributed by atoms with van der Waals surface area (Å²) in [5.74, 6) is 0.633. The van der Waals surface area contributed by atoms with E-state index < -0.39 is 0 Å². The molecule has 0 spiro atoms. The molecule has 1 saturated heterocycles. The number of aryl methyl sites for hydroxylation is 1. The maximum Gasteiger partial charge on any atom is 0.233 e. The van der Waals surface area contributed by atoms with Crippen LogP contribution in [0.15, 0.2) is 42.9 Å². The van der Waals surface area contributed by atoms with Crippen LogP contribution in [-0.2, 0) is 13.0 Å². The Bertz CT molecular complexity index is 854. The number of piperidine rings is 1. The molecule has 0 amide bonds. The highest BCUT2D eigenvalue weighted by Crippen LogP contribution is 2.19. The molecule has 1 fully saturated rings. The second kappa shape index (κ2) is 7.83. The van der Waals surface area contributed by atoms with Crippen LogP contribution in [0.4, 0.5) is 0 Å². The third kappa shape index (κ3) is 4.02. The molecule has 0 unspecified atom stereocenters. The van der Waals surface area contributed by atoms with Gasteiger partial charge >= 0.3 is 0 Å². The molecule has 2 aromatic heterocycles. The van der Waals surface area contributed by atoms with Gasteiger partial charge in [0.1, 0.15) is 6.10 Å². The van der Waals surface area contributed by atoms with Gasteiger partial charge < -0.3 is 9.64 Å². The highest BCUT2D eigenvalue weighted by molar-refractivity contribution is 5.73. The van der Waals surface area contributed by atoms with Gasteiger partial charge in [-0.15, -0.1) is 0 Å². The Kier molecular flexibility index (Phi) is 5.11. The zero-order valence-corrected chi connectivity index (χ0v) is 15.2. The Hall–Kier alpha value is -2.47. The van der Waals surface area contributed by atoms with Crippen molar-refractivity contribution >= 4 is 11.0 Å². The molecule has 3 aromatic rings. The molecule has 1 aromatic carbocycles. The van der Waals surface area contributed by atoms with Gasteiger partial charge in [-0.05, 0) is 43.9 Å². The zero-order valence-electron chi connectivity index (χ0n) is 15.2. The van der Waals surface area contributed by atoms with E-state index >= 15 is 0 Å². The summed E-state index contributed by atoms with van der Waals surface area (Å²) in [6.45, 7) is 6.25. The third-order valence-corrected chi connectivity index (χ3v) is 4.98. The van der Waals surface area contributed by atoms with Crippen molar-refractivity contribution in [1.82, 2.24) is 24.6 Å². The van der Waals surface area contributed by atoms with Crippen LogP contribution in [0.2, 0.25) is 0 Å². The lowest BCUT2D eigenvalue weighted by atomic mass is 10.1. The molecule has 4 rings (SSSR count). The Morgan fingerprint density at radius 3 is 2.69 bits per heavy atom. The first kappa shape index (κ1) is 17.0. The summed E-state index contributed by atoms with van der Waals surface area (Å²) in [5.41, 5.74) is 3.10. The second-order valence-corrected chi connectivity index (χ2v) is 6.81. The fourth-order valence-electron chi connectivity index (χ4n) is 3.41. The molecule has 0 N–H and O–H groups in total. The highest BCUT2D eigenvalue weighted by Gasteiger charge is 2.21. The van der Waals surface area contributed by atoms with Crippen molar-refractivity contribution in [3.63, 3.8) is 0 Å². The van der Waals surface area contributed by atoms with Gasteiger partial charge in [0, 0.05) is 32.4 Å². The van der Waals surface area contributed by atoms with Crippen LogP contribution in [0.25, 0.3) is 11.0 Å². The monoisotopic (exact) mass is 351 g/mol. The minimum atomic E-state index is 0.226. The maximum absolute atomic E-state index is 6.08. The number of aromatic nitrogens is 4. The van der Waals surface area contributed by atoms with Gasteiger partial charge in [0.15, 0.2) is 0 Å². The molecule has 6 nitrogen and oxygen atoms in total. The molecule has 26 heavy (non-hydrogen) atoms. The Morgan fingerprint density at radius 2 is 1.92 bits per heavy atom. The number of hydrogen-bond donors (Lipinski definition) is 0. The SMILES string of the molecule is CCn1cc(CCN2CCC(Oc3cnc4ccccc4n3)CC2)cn1. The molecule has 0 bridgehead atoms. The van der Waals surface area contributed by atoms with Crippen molar-refractivity contribution < 1.29 is 4.74 Å². The average Bonchev–Trinajstić information content (AvgIpc) is 3.15. The van der Waals surface area contributed by atoms with Crippen molar-refractivity contribution in [2.45, 2.75) is 38.8 Å². The molecule has 136 valence electrons. The highest BCUT2D eigenvalue weighted by atomic mass is 16.5. The lowest BCUT2D eigenvalue weighted by molar-refractivity contribution is 0.0975. The van der Waals surface area contributed by atoms with Crippen LogP contribution >= 0.6 is 0 Å². The summed E-state index contributed by atoms with van der Waals surface area (Å²) < 4.78 is 8.06. The largest absolute Gasteiger partial charge is 0.473 e. The number of ether oxygens (including phenoxy) is 1. The van der Waals surface area contributed by atoms with Crippen molar-refractivity contribution in [1.29, 1.82) is 0 Å². The number of para-hydroxylation sites is 2. The fourth-order valence-corrected chi connectivity index (χ4v) is 3.41. The van der Waals surface area contributed by atoms with Gasteiger partial charge in [-0.1, -0.05) is 12.1 Å². The number of fused-ring (bicyclic) bond motifs is 1. The summed E-state index contributed by atoms with van der Waals surface area (Å²) in [6.07, 6.45) is 9.21. The van der Waals surface area contributed by atoms with Crippen LogP contribution in [0.5, 0.6) is 5.88 Å². The Labute approximate surface area is 153 Å². The molecular weight excluding hydrogens is 326 g/mol. The number of rotatable bonds is 6. The Morgan fingerprint density at radius 1 is 1.12 bits per heavy atom. The Balaban J connectivity index is 1.26. The number of hydrogen-bond acceptors (Lipinski definition) is 5. The smallest absolute Gasteiger partial charge is 0.233 e. The lowest BCUT2D eigenvalue weighted by Crippen LogP contribution is -2.39. The van der Waals surface area contributed by atoms with Gasteiger partial charge in [0.25, 0.3) is 0 Å². The van der Waals surface area contributed by atoms with E-state index in [-0.39, 0.29) is 6.10 Å². The van der Waals surface area contributed by atoms with E-state index in [2.05, 4.69) is 33.1 Å². The summed E-state index contributed by atoms with van der Waals surface area (Å²) in [4.78, 5) is 11.5. The summed E-state index contributed by atoms with van der Waals surface area (Å²) in [6, 6.07) is 7.89. The normalized spacial score (nSPS) is 16.2. The molecule has 0 atom stereocenters. The quantitative estimate of drug-likeness (QED) is 0.683. The van der Waals surface area contributed by atoms with Crippen molar-refractivity contribution in [2.24, 2.45) is 0 Å². The van der Waals surface area contributed by atoms with Gasteiger partial charge in [-0.3, -0.25) is 4.68 Å². The van der Waals surface area contributed by atoms with E-state index in [1.807, 2.05) is 35.1 Å². The van der Waals surface area contributed by atoms with Gasteiger partial charge in [-0.25, -0.2) is 9.97 Å². The summed E-state index contributed by atoms with van der Waals surface area (Å²) >= 11 is 0. The predicted molar refractivity (Wildman–Crippen MR) is 101 cm³/mol. The summed E-state index contributed by atoms with van der Waals surface area (Å²) in [7, 11) is 0. The fraction of sp³-hybridized carbons (Fsp3) is 0.450. The molecule has 1 aliphatic rings. The first-order chi connectivity index (χ1) is 12.8. The first-order valence-electron chi connectivity index (χ1n) is 9.42. The van der Waals surface area contributed by atoms with Gasteiger partial charge in [0.2, 0.25) is 5.88 Å². The minimum absolute atomic E-state index is 0.226. The predicted octanol–water partition coefficient (Wildman–Crippen LogP) is 2.93. The second-order valence-electron chi connectivity index (χ2n) is 6.81. The van der Waals surface area contributed by atoms with Crippen LogP contribution in [-0.4, -0.2) is 50.4 Å². The first-order valence-corrected chi connectivity index (χ1v) is 9.42. The summed E-state index contributed by atoms with van der Waals surface area (Å²) in [5, 5.41) is 4.34. The number of likely N-dealkylation sites (tertiary alicyclic amines) is 1. The number of benzene rings is 1. The maximum atomic E-state index is 6.08. The topological polar surface area (TPSA) is 56.1 Å². The van der Waals surface area contributed by atoms with E-state index in [1.165, 1.54) is 5.56 Å². The third-order valence-electron chi connectivity index (χ3n) is 4.98. The van der Waals surface area contributed by atoms with Crippen molar-refractivity contribution in [3.8, 4) is 5.88 Å². The molecule has 0 radical (unpaired) electrons. The van der Waals surface area contributed by atoms with E-state index in [0.29, 0.717) is 5.88 Å². The lowest BCUT2D eigenvalue weighted by Gasteiger charge is -2.31. The minimum Gasteiger partial charge on any atom is -0.473 e. The molecule has 3 heterocycles. The van der Waals surface area contributed by atoms with Gasteiger partial charge in [-0.2, -0.15) is 5.10 Å². The molecule has 6 heteroatoms. The average molecular weight is 351 g/mol. The van der Waals surface area contributed by atoms with Crippen molar-refractivity contribution in [3.05, 3.63) is 48.4 Å². The van der Waals surface area contributed by atoms with E-state index in [0.717, 1.165) is 56.5 Å². The van der Waals surface area contributed by atoms with Crippen LogP contribution in [0, 0.1) is 0 Å². The van der Waals surface area contributed by atoms with Crippen LogP contribution in [0.1, 0.15) is 25.3 Å². The van der Waals surface area contributed by atoms with Crippen molar-refractivity contribution in [2.75, 3.05) is 19.6 Å². The van der Waals surface area contributed by atoms with Gasteiger partial charge in [0.05, 0.1) is 23.4 Å². The number of nitrogens with zero attached hydrogens (tertiary/aromatic N) is 5.